The van der Waals surface area contributed by atoms with Gasteiger partial charge in [-0.2, -0.15) is 0 Å². The van der Waals surface area contributed by atoms with Crippen LogP contribution in [0.4, 0.5) is 0 Å². The van der Waals surface area contributed by atoms with Gasteiger partial charge in [0.15, 0.2) is 0 Å². The van der Waals surface area contributed by atoms with Crippen LogP contribution in [0.5, 0.6) is 0 Å². The van der Waals surface area contributed by atoms with Crippen molar-refractivity contribution in [1.82, 2.24) is 14.5 Å². The fraction of sp³-hybridized carbons (Fsp3) is 0.650. The van der Waals surface area contributed by atoms with E-state index in [0.29, 0.717) is 27.2 Å². The smallest absolute Gasteiger partial charge is 0.264 e. The van der Waals surface area contributed by atoms with Crippen LogP contribution in [0.2, 0.25) is 0 Å². The Morgan fingerprint density at radius 2 is 1.85 bits per heavy atom. The molecule has 2 aromatic heterocycles. The maximum Gasteiger partial charge on any atom is 0.264 e. The van der Waals surface area contributed by atoms with Crippen LogP contribution >= 0.6 is 11.3 Å². The summed E-state index contributed by atoms with van der Waals surface area (Å²) in [4.78, 5) is 33.9. The first-order valence-electron chi connectivity index (χ1n) is 9.78. The second-order valence-electron chi connectivity index (χ2n) is 7.92. The molecule has 26 heavy (non-hydrogen) atoms. The SMILES string of the molecule is CCC1CCC(N(C(=O)c2sc3ncn(C)c(=O)c3c2C)C2CC2)CC1. The van der Waals surface area contributed by atoms with Gasteiger partial charge in [0, 0.05) is 19.1 Å². The maximum absolute atomic E-state index is 13.5. The lowest BCUT2D eigenvalue weighted by Gasteiger charge is -2.37. The molecule has 0 bridgehead atoms. The van der Waals surface area contributed by atoms with Gasteiger partial charge in [0.25, 0.3) is 11.5 Å². The number of aromatic nitrogens is 2. The molecule has 1 amide bonds. The van der Waals surface area contributed by atoms with Gasteiger partial charge in [0.1, 0.15) is 4.83 Å². The van der Waals surface area contributed by atoms with E-state index in [0.717, 1.165) is 37.2 Å². The van der Waals surface area contributed by atoms with Gasteiger partial charge >= 0.3 is 0 Å². The first-order valence-corrected chi connectivity index (χ1v) is 10.6. The molecule has 0 spiro atoms. The molecule has 0 aliphatic heterocycles. The van der Waals surface area contributed by atoms with Gasteiger partial charge in [0.05, 0.1) is 16.6 Å². The summed E-state index contributed by atoms with van der Waals surface area (Å²) in [5.41, 5.74) is 0.737. The number of hydrogen-bond acceptors (Lipinski definition) is 4. The van der Waals surface area contributed by atoms with Gasteiger partial charge in [-0.1, -0.05) is 13.3 Å². The Balaban J connectivity index is 1.67. The number of hydrogen-bond donors (Lipinski definition) is 0. The van der Waals surface area contributed by atoms with Crippen molar-refractivity contribution in [2.45, 2.75) is 70.9 Å². The highest BCUT2D eigenvalue weighted by Crippen LogP contribution is 2.39. The summed E-state index contributed by atoms with van der Waals surface area (Å²) in [6.07, 6.45) is 9.70. The minimum atomic E-state index is -0.0655. The second kappa shape index (κ2) is 6.80. The molecule has 0 N–H and O–H groups in total. The van der Waals surface area contributed by atoms with Gasteiger partial charge in [-0.25, -0.2) is 4.98 Å². The Labute approximate surface area is 158 Å². The highest BCUT2D eigenvalue weighted by atomic mass is 32.1. The Hall–Kier alpha value is -1.69. The number of carbonyl (C=O) groups is 1. The highest BCUT2D eigenvalue weighted by Gasteiger charge is 2.40. The van der Waals surface area contributed by atoms with Crippen molar-refractivity contribution >= 4 is 27.5 Å². The van der Waals surface area contributed by atoms with E-state index < -0.39 is 0 Å². The molecule has 0 radical (unpaired) electrons. The number of carbonyl (C=O) groups excluding carboxylic acids is 1. The molecule has 6 heteroatoms. The predicted molar refractivity (Wildman–Crippen MR) is 105 cm³/mol. The van der Waals surface area contributed by atoms with E-state index in [2.05, 4.69) is 16.8 Å². The molecule has 2 saturated carbocycles. The number of fused-ring (bicyclic) bond motifs is 1. The van der Waals surface area contributed by atoms with Crippen molar-refractivity contribution in [2.24, 2.45) is 13.0 Å². The van der Waals surface area contributed by atoms with Crippen molar-refractivity contribution < 1.29 is 4.79 Å². The van der Waals surface area contributed by atoms with Crippen LogP contribution in [-0.4, -0.2) is 32.4 Å². The molecule has 0 atom stereocenters. The molecule has 2 heterocycles. The molecule has 0 aromatic carbocycles. The van der Waals surface area contributed by atoms with Gasteiger partial charge in [-0.05, 0) is 56.9 Å². The zero-order valence-corrected chi connectivity index (χ0v) is 16.6. The fourth-order valence-corrected chi connectivity index (χ4v) is 5.43. The number of rotatable bonds is 4. The summed E-state index contributed by atoms with van der Waals surface area (Å²) in [5, 5.41) is 0.605. The van der Waals surface area contributed by atoms with Crippen molar-refractivity contribution in [1.29, 1.82) is 0 Å². The van der Waals surface area contributed by atoms with Crippen LogP contribution in [-0.2, 0) is 7.05 Å². The lowest BCUT2D eigenvalue weighted by Crippen LogP contribution is -2.43. The monoisotopic (exact) mass is 373 g/mol. The van der Waals surface area contributed by atoms with Gasteiger partial charge in [-0.15, -0.1) is 11.3 Å². The van der Waals surface area contributed by atoms with E-state index in [4.69, 9.17) is 0 Å². The van der Waals surface area contributed by atoms with Gasteiger partial charge < -0.3 is 9.47 Å². The molecule has 2 aliphatic carbocycles. The number of nitrogens with zero attached hydrogens (tertiary/aromatic N) is 3. The van der Waals surface area contributed by atoms with E-state index in [-0.39, 0.29) is 11.5 Å². The molecule has 0 unspecified atom stereocenters. The lowest BCUT2D eigenvalue weighted by atomic mass is 9.83. The Morgan fingerprint density at radius 3 is 2.42 bits per heavy atom. The summed E-state index contributed by atoms with van der Waals surface area (Å²) in [6, 6.07) is 0.754. The third kappa shape index (κ3) is 2.98. The number of amides is 1. The molecule has 2 fully saturated rings. The topological polar surface area (TPSA) is 55.2 Å². The van der Waals surface area contributed by atoms with E-state index in [1.807, 2.05) is 6.92 Å². The molecular weight excluding hydrogens is 346 g/mol. The van der Waals surface area contributed by atoms with Crippen molar-refractivity contribution in [3.05, 3.63) is 27.1 Å². The summed E-state index contributed by atoms with van der Waals surface area (Å²) in [7, 11) is 1.70. The molecule has 0 saturated heterocycles. The third-order valence-electron chi connectivity index (χ3n) is 6.17. The Kier molecular flexibility index (Phi) is 4.63. The van der Waals surface area contributed by atoms with Crippen LogP contribution in [0, 0.1) is 12.8 Å². The second-order valence-corrected chi connectivity index (χ2v) is 8.92. The van der Waals surface area contributed by atoms with Crippen LogP contribution in [0.3, 0.4) is 0 Å². The van der Waals surface area contributed by atoms with Gasteiger partial charge in [-0.3, -0.25) is 9.59 Å². The molecular formula is C20H27N3O2S. The first kappa shape index (κ1) is 17.7. The minimum absolute atomic E-state index is 0.0655. The number of aryl methyl sites for hydroxylation is 2. The quantitative estimate of drug-likeness (QED) is 0.817. The zero-order valence-electron chi connectivity index (χ0n) is 15.8. The lowest BCUT2D eigenvalue weighted by molar-refractivity contribution is 0.0591. The fourth-order valence-electron chi connectivity index (χ4n) is 4.34. The van der Waals surface area contributed by atoms with E-state index in [1.54, 1.807) is 13.4 Å². The highest BCUT2D eigenvalue weighted by molar-refractivity contribution is 7.20. The molecule has 2 aromatic rings. The van der Waals surface area contributed by atoms with Crippen molar-refractivity contribution in [3.8, 4) is 0 Å². The van der Waals surface area contributed by atoms with E-state index in [9.17, 15) is 9.59 Å². The first-order chi connectivity index (χ1) is 12.5. The van der Waals surface area contributed by atoms with Crippen LogP contribution in [0.1, 0.15) is 67.1 Å². The van der Waals surface area contributed by atoms with E-state index >= 15 is 0 Å². The molecule has 140 valence electrons. The van der Waals surface area contributed by atoms with Crippen molar-refractivity contribution in [2.75, 3.05) is 0 Å². The average Bonchev–Trinajstić information content (AvgIpc) is 3.42. The van der Waals surface area contributed by atoms with E-state index in [1.165, 1.54) is 35.2 Å². The van der Waals surface area contributed by atoms with Crippen molar-refractivity contribution in [3.63, 3.8) is 0 Å². The van der Waals surface area contributed by atoms with Crippen LogP contribution < -0.4 is 5.56 Å². The summed E-state index contributed by atoms with van der Waals surface area (Å²) < 4.78 is 1.49. The summed E-state index contributed by atoms with van der Waals surface area (Å²) in [6.45, 7) is 4.16. The third-order valence-corrected chi connectivity index (χ3v) is 7.35. The van der Waals surface area contributed by atoms with Crippen LogP contribution in [0.15, 0.2) is 11.1 Å². The summed E-state index contributed by atoms with van der Waals surface area (Å²) in [5.74, 6) is 0.940. The normalized spacial score (nSPS) is 23.3. The minimum Gasteiger partial charge on any atom is -0.332 e. The Morgan fingerprint density at radius 1 is 1.23 bits per heavy atom. The predicted octanol–water partition coefficient (Wildman–Crippen LogP) is 3.88. The maximum atomic E-state index is 13.5. The molecule has 2 aliphatic rings. The zero-order chi connectivity index (χ0) is 18.4. The standard InChI is InChI=1S/C20H27N3O2S/c1-4-13-5-7-14(8-6-13)23(15-9-10-15)20(25)17-12(2)16-18(26-17)21-11-22(3)19(16)24/h11,13-15H,4-10H2,1-3H3. The largest absolute Gasteiger partial charge is 0.332 e. The number of thiophene rings is 1. The molecule has 5 nitrogen and oxygen atoms in total. The van der Waals surface area contributed by atoms with Gasteiger partial charge in [0.2, 0.25) is 0 Å². The summed E-state index contributed by atoms with van der Waals surface area (Å²) >= 11 is 1.38. The average molecular weight is 374 g/mol. The molecule has 4 rings (SSSR count). The Bertz CT molecular complexity index is 888. The van der Waals surface area contributed by atoms with Crippen LogP contribution in [0.25, 0.3) is 10.2 Å².